The third kappa shape index (κ3) is 1.88. The quantitative estimate of drug-likeness (QED) is 0.512. The summed E-state index contributed by atoms with van der Waals surface area (Å²) in [4.78, 5) is 0. The van der Waals surface area contributed by atoms with Gasteiger partial charge in [0.05, 0.1) is 0 Å². The van der Waals surface area contributed by atoms with Gasteiger partial charge in [-0.2, -0.15) is 13.2 Å². The summed E-state index contributed by atoms with van der Waals surface area (Å²) in [7, 11) is 0. The van der Waals surface area contributed by atoms with Gasteiger partial charge in [-0.05, 0) is 0 Å². The Morgan fingerprint density at radius 1 is 1.38 bits per heavy atom. The molecule has 0 aliphatic carbocycles. The third-order valence-corrected chi connectivity index (χ3v) is 0.649. The molecule has 0 amide bonds. The molecule has 0 saturated carbocycles. The van der Waals surface area contributed by atoms with Crippen LogP contribution in [0.4, 0.5) is 13.2 Å². The molecule has 0 aromatic carbocycles. The molecule has 0 fully saturated rings. The Bertz CT molecular complexity index is 69.5. The van der Waals surface area contributed by atoms with E-state index in [-0.39, 0.29) is 0 Å². The van der Waals surface area contributed by atoms with Crippen LogP contribution in [-0.4, -0.2) is 16.3 Å². The lowest BCUT2D eigenvalue weighted by atomic mass is 10.4. The van der Waals surface area contributed by atoms with Gasteiger partial charge in [0.2, 0.25) is 5.06 Å². The maximum atomic E-state index is 11.1. The molecule has 1 atom stereocenters. The van der Waals surface area contributed by atoms with Crippen LogP contribution in [0.25, 0.3) is 0 Å². The zero-order valence-corrected chi connectivity index (χ0v) is 4.42. The Kier molecular flexibility index (Phi) is 1.78. The molecule has 0 aromatic heterocycles. The fourth-order valence-electron chi connectivity index (χ4n) is 0. The van der Waals surface area contributed by atoms with Crippen molar-refractivity contribution in [2.75, 3.05) is 0 Å². The molecule has 1 nitrogen and oxygen atoms in total. The highest BCUT2D eigenvalue weighted by atomic mass is 35.5. The van der Waals surface area contributed by atoms with Gasteiger partial charge in [0.15, 0.2) is 0 Å². The second kappa shape index (κ2) is 1.77. The van der Waals surface area contributed by atoms with Gasteiger partial charge in [0, 0.05) is 6.92 Å². The molecule has 1 radical (unpaired) electrons. The molecule has 0 spiro atoms. The molecular weight excluding hydrogens is 144 g/mol. The van der Waals surface area contributed by atoms with Crippen molar-refractivity contribution in [3.63, 3.8) is 0 Å². The monoisotopic (exact) mass is 147 g/mol. The van der Waals surface area contributed by atoms with Gasteiger partial charge in [0.1, 0.15) is 0 Å². The predicted octanol–water partition coefficient (Wildman–Crippen LogP) is 1.31. The van der Waals surface area contributed by atoms with E-state index in [0.717, 1.165) is 0 Å². The second-order valence-electron chi connectivity index (χ2n) is 1.26. The lowest BCUT2D eigenvalue weighted by molar-refractivity contribution is -0.207. The van der Waals surface area contributed by atoms with Crippen molar-refractivity contribution in [3.8, 4) is 0 Å². The van der Waals surface area contributed by atoms with Crippen LogP contribution in [-0.2, 0) is 0 Å². The summed E-state index contributed by atoms with van der Waals surface area (Å²) < 4.78 is 33.4. The molecule has 1 unspecified atom stereocenters. The van der Waals surface area contributed by atoms with Crippen LogP contribution in [0, 0.1) is 6.92 Å². The summed E-state index contributed by atoms with van der Waals surface area (Å²) in [6.07, 6.45) is -4.85. The standard InChI is InChI=1S/C3H3ClF3O/c1-2(4,8)3(5,6)7/h8H,1H2. The summed E-state index contributed by atoms with van der Waals surface area (Å²) in [5, 5.41) is 4.54. The van der Waals surface area contributed by atoms with Gasteiger partial charge in [-0.25, -0.2) is 0 Å². The Balaban J connectivity index is 4.02. The van der Waals surface area contributed by atoms with Gasteiger partial charge in [-0.1, -0.05) is 11.6 Å². The smallest absolute Gasteiger partial charge is 0.368 e. The lowest BCUT2D eigenvalue weighted by Crippen LogP contribution is -2.36. The zero-order chi connectivity index (χ0) is 7.00. The topological polar surface area (TPSA) is 20.2 Å². The molecule has 49 valence electrons. The van der Waals surface area contributed by atoms with E-state index >= 15 is 0 Å². The Labute approximate surface area is 49.1 Å². The van der Waals surface area contributed by atoms with Crippen molar-refractivity contribution in [3.05, 3.63) is 6.92 Å². The molecule has 5 heteroatoms. The minimum absolute atomic E-state index is 2.24. The number of aliphatic hydroxyl groups is 1. The first-order chi connectivity index (χ1) is 3.25. The fourth-order valence-corrected chi connectivity index (χ4v) is 0. The first-order valence-electron chi connectivity index (χ1n) is 1.58. The van der Waals surface area contributed by atoms with E-state index in [0.29, 0.717) is 0 Å². The molecule has 1 N–H and O–H groups in total. The van der Waals surface area contributed by atoms with Gasteiger partial charge < -0.3 is 5.11 Å². The summed E-state index contributed by atoms with van der Waals surface area (Å²) in [6.45, 7) is 2.24. The van der Waals surface area contributed by atoms with Crippen LogP contribution < -0.4 is 0 Å². The molecule has 0 heterocycles. The van der Waals surface area contributed by atoms with Crippen LogP contribution in [0.5, 0.6) is 0 Å². The van der Waals surface area contributed by atoms with E-state index in [1.807, 2.05) is 0 Å². The molecule has 0 aliphatic rings. The SMILES string of the molecule is [CH2]C(O)(Cl)C(F)(F)F. The van der Waals surface area contributed by atoms with E-state index in [9.17, 15) is 13.2 Å². The summed E-state index contributed by atoms with van der Waals surface area (Å²) in [5.74, 6) is 0. The Hall–Kier alpha value is 0.0400. The molecule has 0 aromatic rings. The average Bonchev–Trinajstić information content (AvgIpc) is 1.25. The third-order valence-electron chi connectivity index (χ3n) is 0.434. The van der Waals surface area contributed by atoms with Crippen LogP contribution in [0.1, 0.15) is 0 Å². The summed E-state index contributed by atoms with van der Waals surface area (Å²) in [6, 6.07) is 0. The van der Waals surface area contributed by atoms with Gasteiger partial charge in [0.25, 0.3) is 0 Å². The zero-order valence-electron chi connectivity index (χ0n) is 3.67. The van der Waals surface area contributed by atoms with Crippen molar-refractivity contribution >= 4 is 11.6 Å². The number of halogens is 4. The molecule has 0 bridgehead atoms. The van der Waals surface area contributed by atoms with Gasteiger partial charge >= 0.3 is 6.18 Å². The average molecular weight is 148 g/mol. The minimum Gasteiger partial charge on any atom is -0.368 e. The maximum absolute atomic E-state index is 11.1. The number of hydrogen-bond acceptors (Lipinski definition) is 1. The van der Waals surface area contributed by atoms with E-state index in [4.69, 9.17) is 5.11 Å². The first kappa shape index (κ1) is 8.04. The van der Waals surface area contributed by atoms with E-state index < -0.39 is 11.2 Å². The molecular formula is C3H3ClF3O. The summed E-state index contributed by atoms with van der Waals surface area (Å²) in [5.41, 5.74) is 0. The first-order valence-corrected chi connectivity index (χ1v) is 1.96. The lowest BCUT2D eigenvalue weighted by Gasteiger charge is -2.17. The van der Waals surface area contributed by atoms with Crippen LogP contribution in [0.15, 0.2) is 0 Å². The molecule has 0 rings (SSSR count). The highest BCUT2D eigenvalue weighted by Gasteiger charge is 2.48. The van der Waals surface area contributed by atoms with Gasteiger partial charge in [-0.3, -0.25) is 0 Å². The molecule has 0 saturated heterocycles. The molecule has 0 aliphatic heterocycles. The van der Waals surface area contributed by atoms with Crippen molar-refractivity contribution < 1.29 is 18.3 Å². The van der Waals surface area contributed by atoms with Gasteiger partial charge in [-0.15, -0.1) is 0 Å². The Morgan fingerprint density at radius 3 is 1.50 bits per heavy atom. The highest BCUT2D eigenvalue weighted by molar-refractivity contribution is 6.23. The number of alkyl halides is 4. The van der Waals surface area contributed by atoms with Crippen LogP contribution in [0.3, 0.4) is 0 Å². The summed E-state index contributed by atoms with van der Waals surface area (Å²) >= 11 is 4.33. The normalized spacial score (nSPS) is 20.2. The number of hydrogen-bond donors (Lipinski definition) is 1. The van der Waals surface area contributed by atoms with E-state index in [1.165, 1.54) is 0 Å². The van der Waals surface area contributed by atoms with Crippen LogP contribution in [0.2, 0.25) is 0 Å². The number of rotatable bonds is 0. The fraction of sp³-hybridized carbons (Fsp3) is 0.667. The van der Waals surface area contributed by atoms with Crippen molar-refractivity contribution in [1.82, 2.24) is 0 Å². The van der Waals surface area contributed by atoms with E-state index in [2.05, 4.69) is 18.5 Å². The minimum atomic E-state index is -4.85. The van der Waals surface area contributed by atoms with Crippen molar-refractivity contribution in [2.45, 2.75) is 11.2 Å². The van der Waals surface area contributed by atoms with E-state index in [1.54, 1.807) is 0 Å². The van der Waals surface area contributed by atoms with Crippen molar-refractivity contribution in [2.24, 2.45) is 0 Å². The predicted molar refractivity (Wildman–Crippen MR) is 22.2 cm³/mol. The second-order valence-corrected chi connectivity index (χ2v) is 1.88. The van der Waals surface area contributed by atoms with Crippen molar-refractivity contribution in [1.29, 1.82) is 0 Å². The maximum Gasteiger partial charge on any atom is 0.431 e. The Morgan fingerprint density at radius 2 is 1.50 bits per heavy atom. The van der Waals surface area contributed by atoms with Crippen LogP contribution >= 0.6 is 11.6 Å². The largest absolute Gasteiger partial charge is 0.431 e. The molecule has 8 heavy (non-hydrogen) atoms. The highest BCUT2D eigenvalue weighted by Crippen LogP contribution is 2.32.